The average Bonchev–Trinajstić information content (AvgIpc) is 2.64. The number of ether oxygens (including phenoxy) is 1. The number of fused-ring (bicyclic) bond motifs is 1. The fourth-order valence-corrected chi connectivity index (χ4v) is 1.85. The van der Waals surface area contributed by atoms with E-state index >= 15 is 0 Å². The van der Waals surface area contributed by atoms with Gasteiger partial charge in [0.25, 0.3) is 0 Å². The number of carbonyl (C=O) groups is 2. The Hall–Kier alpha value is -1.52. The number of hydrogen-bond donors (Lipinski definition) is 1. The van der Waals surface area contributed by atoms with Gasteiger partial charge in [-0.2, -0.15) is 0 Å². The molecule has 0 aliphatic carbocycles. The third-order valence-corrected chi connectivity index (χ3v) is 2.55. The number of hydrogen-bond acceptors (Lipinski definition) is 4. The van der Waals surface area contributed by atoms with Crippen molar-refractivity contribution in [2.24, 2.45) is 0 Å². The lowest BCUT2D eigenvalue weighted by Gasteiger charge is -2.27. The minimum atomic E-state index is -0.497. The van der Waals surface area contributed by atoms with Crippen molar-refractivity contribution in [3.05, 3.63) is 11.9 Å². The number of carbonyl (C=O) groups excluding carboxylic acids is 2. The van der Waals surface area contributed by atoms with Crippen LogP contribution in [0.5, 0.6) is 0 Å². The maximum atomic E-state index is 11.5. The van der Waals surface area contributed by atoms with Gasteiger partial charge in [0.05, 0.1) is 7.11 Å². The molecule has 2 aliphatic rings. The van der Waals surface area contributed by atoms with Crippen LogP contribution >= 0.6 is 0 Å². The smallest absolute Gasteiger partial charge is 0.356 e. The summed E-state index contributed by atoms with van der Waals surface area (Å²) in [5, 5.41) is 2.54. The zero-order valence-corrected chi connectivity index (χ0v) is 7.95. The molecule has 0 aromatic heterocycles. The van der Waals surface area contributed by atoms with E-state index in [2.05, 4.69) is 10.1 Å². The second-order valence-corrected chi connectivity index (χ2v) is 3.42. The van der Waals surface area contributed by atoms with Crippen molar-refractivity contribution in [2.45, 2.75) is 18.9 Å². The van der Waals surface area contributed by atoms with Crippen LogP contribution in [0.1, 0.15) is 12.8 Å². The van der Waals surface area contributed by atoms with E-state index in [0.29, 0.717) is 0 Å². The molecular weight excluding hydrogens is 184 g/mol. The third kappa shape index (κ3) is 1.34. The Bertz CT molecular complexity index is 311. The van der Waals surface area contributed by atoms with Crippen molar-refractivity contribution in [1.82, 2.24) is 10.2 Å². The Labute approximate surface area is 81.7 Å². The first-order valence-corrected chi connectivity index (χ1v) is 4.59. The number of methoxy groups -OCH3 is 1. The third-order valence-electron chi connectivity index (χ3n) is 2.55. The highest BCUT2D eigenvalue weighted by Crippen LogP contribution is 2.21. The molecule has 2 heterocycles. The van der Waals surface area contributed by atoms with Crippen molar-refractivity contribution in [2.75, 3.05) is 13.7 Å². The molecule has 14 heavy (non-hydrogen) atoms. The minimum absolute atomic E-state index is 0.0941. The molecule has 5 heteroatoms. The quantitative estimate of drug-likeness (QED) is 0.579. The normalized spacial score (nSPS) is 25.2. The van der Waals surface area contributed by atoms with E-state index in [1.807, 2.05) is 4.90 Å². The summed E-state index contributed by atoms with van der Waals surface area (Å²) >= 11 is 0. The molecule has 0 saturated carbocycles. The summed E-state index contributed by atoms with van der Waals surface area (Å²) in [5.41, 5.74) is 0.232. The molecule has 0 aromatic rings. The Kier molecular flexibility index (Phi) is 2.15. The van der Waals surface area contributed by atoms with E-state index in [9.17, 15) is 9.59 Å². The van der Waals surface area contributed by atoms with Crippen LogP contribution in [0.2, 0.25) is 0 Å². The van der Waals surface area contributed by atoms with Gasteiger partial charge in [-0.3, -0.25) is 4.79 Å². The zero-order chi connectivity index (χ0) is 10.1. The lowest BCUT2D eigenvalue weighted by molar-refractivity contribution is -0.139. The minimum Gasteiger partial charge on any atom is -0.464 e. The predicted octanol–water partition coefficient (Wildman–Crippen LogP) is -0.405. The number of esters is 1. The standard InChI is InChI=1S/C9H12N2O3/c1-14-9(13)6-5-11-4-2-3-7(11)8(12)10-6/h5,7H,2-4H2,1H3,(H,10,12)/t7-/m1/s1. The summed E-state index contributed by atoms with van der Waals surface area (Å²) in [7, 11) is 1.30. The first kappa shape index (κ1) is 9.05. The van der Waals surface area contributed by atoms with Gasteiger partial charge in [-0.05, 0) is 12.8 Å². The molecule has 0 unspecified atom stereocenters. The fraction of sp³-hybridized carbons (Fsp3) is 0.556. The summed E-state index contributed by atoms with van der Waals surface area (Å²) in [6, 6.07) is -0.0941. The number of nitrogens with one attached hydrogen (secondary N) is 1. The maximum Gasteiger partial charge on any atom is 0.356 e. The van der Waals surface area contributed by atoms with Gasteiger partial charge < -0.3 is 15.0 Å². The van der Waals surface area contributed by atoms with Crippen LogP contribution in [-0.4, -0.2) is 36.5 Å². The van der Waals surface area contributed by atoms with Crippen molar-refractivity contribution < 1.29 is 14.3 Å². The zero-order valence-electron chi connectivity index (χ0n) is 7.95. The van der Waals surface area contributed by atoms with Gasteiger partial charge in [0, 0.05) is 12.7 Å². The van der Waals surface area contributed by atoms with E-state index in [4.69, 9.17) is 0 Å². The molecule has 0 spiro atoms. The van der Waals surface area contributed by atoms with E-state index in [-0.39, 0.29) is 17.6 Å². The second-order valence-electron chi connectivity index (χ2n) is 3.42. The highest BCUT2D eigenvalue weighted by molar-refractivity contribution is 5.96. The molecule has 0 bridgehead atoms. The topological polar surface area (TPSA) is 58.6 Å². The SMILES string of the molecule is COC(=O)C1=CN2CCC[C@@H]2C(=O)N1. The first-order chi connectivity index (χ1) is 6.72. The molecular formula is C9H12N2O3. The molecule has 1 N–H and O–H groups in total. The Balaban J connectivity index is 2.21. The van der Waals surface area contributed by atoms with Crippen LogP contribution in [0.15, 0.2) is 11.9 Å². The lowest BCUT2D eigenvalue weighted by atomic mass is 10.2. The van der Waals surface area contributed by atoms with Crippen LogP contribution < -0.4 is 5.32 Å². The monoisotopic (exact) mass is 196 g/mol. The summed E-state index contributed by atoms with van der Waals surface area (Å²) in [5.74, 6) is -0.603. The Morgan fingerprint density at radius 2 is 2.50 bits per heavy atom. The van der Waals surface area contributed by atoms with Gasteiger partial charge in [-0.15, -0.1) is 0 Å². The summed E-state index contributed by atoms with van der Waals surface area (Å²) in [4.78, 5) is 24.6. The molecule has 0 radical (unpaired) electrons. The average molecular weight is 196 g/mol. The summed E-state index contributed by atoms with van der Waals surface area (Å²) in [6.07, 6.45) is 3.52. The van der Waals surface area contributed by atoms with E-state index < -0.39 is 5.97 Å². The van der Waals surface area contributed by atoms with Crippen LogP contribution in [0, 0.1) is 0 Å². The molecule has 1 saturated heterocycles. The molecule has 2 rings (SSSR count). The van der Waals surface area contributed by atoms with Crippen LogP contribution in [-0.2, 0) is 14.3 Å². The maximum absolute atomic E-state index is 11.5. The molecule has 1 atom stereocenters. The lowest BCUT2D eigenvalue weighted by Crippen LogP contribution is -2.47. The predicted molar refractivity (Wildman–Crippen MR) is 48.0 cm³/mol. The molecule has 76 valence electrons. The highest BCUT2D eigenvalue weighted by atomic mass is 16.5. The number of amides is 1. The first-order valence-electron chi connectivity index (χ1n) is 4.59. The van der Waals surface area contributed by atoms with E-state index in [1.54, 1.807) is 6.20 Å². The van der Waals surface area contributed by atoms with Gasteiger partial charge in [-0.1, -0.05) is 0 Å². The van der Waals surface area contributed by atoms with Crippen molar-refractivity contribution in [3.63, 3.8) is 0 Å². The van der Waals surface area contributed by atoms with Gasteiger partial charge in [-0.25, -0.2) is 4.79 Å². The van der Waals surface area contributed by atoms with E-state index in [1.165, 1.54) is 7.11 Å². The molecule has 5 nitrogen and oxygen atoms in total. The van der Waals surface area contributed by atoms with Crippen LogP contribution in [0.25, 0.3) is 0 Å². The summed E-state index contributed by atoms with van der Waals surface area (Å²) < 4.78 is 4.54. The Morgan fingerprint density at radius 3 is 3.21 bits per heavy atom. The van der Waals surface area contributed by atoms with Crippen LogP contribution in [0.3, 0.4) is 0 Å². The van der Waals surface area contributed by atoms with Gasteiger partial charge in [0.15, 0.2) is 0 Å². The highest BCUT2D eigenvalue weighted by Gasteiger charge is 2.34. The second kappa shape index (κ2) is 3.32. The van der Waals surface area contributed by atoms with Gasteiger partial charge in [0.2, 0.25) is 5.91 Å². The summed E-state index contributed by atoms with van der Waals surface area (Å²) in [6.45, 7) is 0.832. The number of rotatable bonds is 1. The van der Waals surface area contributed by atoms with Crippen molar-refractivity contribution >= 4 is 11.9 Å². The fourth-order valence-electron chi connectivity index (χ4n) is 1.85. The number of nitrogens with zero attached hydrogens (tertiary/aromatic N) is 1. The Morgan fingerprint density at radius 1 is 1.71 bits per heavy atom. The van der Waals surface area contributed by atoms with Crippen molar-refractivity contribution in [1.29, 1.82) is 0 Å². The largest absolute Gasteiger partial charge is 0.464 e. The van der Waals surface area contributed by atoms with E-state index in [0.717, 1.165) is 19.4 Å². The van der Waals surface area contributed by atoms with Crippen molar-refractivity contribution in [3.8, 4) is 0 Å². The molecule has 1 amide bonds. The van der Waals surface area contributed by atoms with Gasteiger partial charge in [0.1, 0.15) is 11.7 Å². The molecule has 0 aromatic carbocycles. The molecule has 1 fully saturated rings. The van der Waals surface area contributed by atoms with Crippen LogP contribution in [0.4, 0.5) is 0 Å². The molecule has 2 aliphatic heterocycles. The van der Waals surface area contributed by atoms with Gasteiger partial charge >= 0.3 is 5.97 Å².